The van der Waals surface area contributed by atoms with E-state index in [0.717, 1.165) is 24.0 Å². The van der Waals surface area contributed by atoms with Crippen LogP contribution in [0.5, 0.6) is 0 Å². The first-order chi connectivity index (χ1) is 26.6. The van der Waals surface area contributed by atoms with Crippen molar-refractivity contribution in [2.75, 3.05) is 34.5 Å². The summed E-state index contributed by atoms with van der Waals surface area (Å²) in [6.07, 6.45) is 7.53. The molecule has 2 saturated heterocycles. The summed E-state index contributed by atoms with van der Waals surface area (Å²) in [5.74, 6) is -6.02. The maximum Gasteiger partial charge on any atom is 0.296 e. The van der Waals surface area contributed by atoms with Crippen molar-refractivity contribution in [1.82, 2.24) is 4.90 Å². The van der Waals surface area contributed by atoms with E-state index in [4.69, 9.17) is 23.7 Å². The minimum Gasteiger partial charge on any atom is -0.392 e. The van der Waals surface area contributed by atoms with Crippen LogP contribution in [0.15, 0.2) is 36.0 Å². The lowest BCUT2D eigenvalue weighted by atomic mass is 9.81. The molecular formula is C44H71NO11. The van der Waals surface area contributed by atoms with Gasteiger partial charge in [-0.05, 0) is 89.0 Å². The van der Waals surface area contributed by atoms with Crippen molar-refractivity contribution in [3.05, 3.63) is 36.0 Å². The predicted molar refractivity (Wildman–Crippen MR) is 212 cm³/mol. The second-order valence-electron chi connectivity index (χ2n) is 17.3. The van der Waals surface area contributed by atoms with E-state index in [0.29, 0.717) is 57.9 Å². The number of aliphatic hydroxyl groups excluding tert-OH is 2. The van der Waals surface area contributed by atoms with Crippen molar-refractivity contribution in [2.24, 2.45) is 29.6 Å². The molecule has 0 aromatic carbocycles. The van der Waals surface area contributed by atoms with Gasteiger partial charge in [0.15, 0.2) is 0 Å². The van der Waals surface area contributed by atoms with Gasteiger partial charge >= 0.3 is 0 Å². The number of aliphatic hydroxyl groups is 3. The van der Waals surface area contributed by atoms with Gasteiger partial charge in [0.05, 0.1) is 55.4 Å². The number of allylic oxidation sites excluding steroid dienone is 4. The lowest BCUT2D eigenvalue weighted by Gasteiger charge is -2.47. The van der Waals surface area contributed by atoms with E-state index in [1.54, 1.807) is 27.2 Å². The molecule has 3 unspecified atom stereocenters. The Morgan fingerprint density at radius 3 is 2.30 bits per heavy atom. The normalized spacial score (nSPS) is 41.6. The van der Waals surface area contributed by atoms with Crippen LogP contribution in [0.1, 0.15) is 105 Å². The van der Waals surface area contributed by atoms with Gasteiger partial charge in [0, 0.05) is 58.5 Å². The molecule has 318 valence electrons. The van der Waals surface area contributed by atoms with Crippen LogP contribution in [-0.4, -0.2) is 127 Å². The number of carbonyl (C=O) groups excluding carboxylic acids is 3. The van der Waals surface area contributed by atoms with Gasteiger partial charge in [0.2, 0.25) is 5.79 Å². The summed E-state index contributed by atoms with van der Waals surface area (Å²) in [5.41, 5.74) is 1.88. The van der Waals surface area contributed by atoms with Crippen LogP contribution < -0.4 is 0 Å². The minimum atomic E-state index is -2.44. The van der Waals surface area contributed by atoms with Gasteiger partial charge in [-0.2, -0.15) is 0 Å². The van der Waals surface area contributed by atoms with Crippen LogP contribution in [0, 0.1) is 29.6 Å². The molecule has 12 heteroatoms. The van der Waals surface area contributed by atoms with Crippen LogP contribution >= 0.6 is 0 Å². The molecule has 1 saturated carbocycles. The van der Waals surface area contributed by atoms with Gasteiger partial charge in [0.1, 0.15) is 5.78 Å². The molecule has 2 bridgehead atoms. The third-order valence-electron chi connectivity index (χ3n) is 13.0. The molecule has 0 aromatic heterocycles. The summed E-state index contributed by atoms with van der Waals surface area (Å²) in [6.45, 7) is 13.9. The number of rotatable bonds is 7. The van der Waals surface area contributed by atoms with E-state index in [9.17, 15) is 29.7 Å². The van der Waals surface area contributed by atoms with Gasteiger partial charge < -0.3 is 43.9 Å². The monoisotopic (exact) mass is 790 g/mol. The molecule has 1 amide bonds. The summed E-state index contributed by atoms with van der Waals surface area (Å²) in [4.78, 5) is 43.9. The average Bonchev–Trinajstić information content (AvgIpc) is 3.17. The average molecular weight is 790 g/mol. The second-order valence-corrected chi connectivity index (χ2v) is 17.3. The highest BCUT2D eigenvalue weighted by Gasteiger charge is 2.57. The molecule has 14 atom stereocenters. The number of amides is 1. The maximum absolute atomic E-state index is 14.3. The number of ketones is 2. The highest BCUT2D eigenvalue weighted by Crippen LogP contribution is 2.39. The summed E-state index contributed by atoms with van der Waals surface area (Å²) in [7, 11) is 4.70. The zero-order chi connectivity index (χ0) is 41.3. The summed E-state index contributed by atoms with van der Waals surface area (Å²) < 4.78 is 30.3. The third kappa shape index (κ3) is 11.3. The van der Waals surface area contributed by atoms with Gasteiger partial charge in [0.25, 0.3) is 11.7 Å². The van der Waals surface area contributed by atoms with Gasteiger partial charge in [-0.3, -0.25) is 14.4 Å². The van der Waals surface area contributed by atoms with Crippen LogP contribution in [0.3, 0.4) is 0 Å². The topological polar surface area (TPSA) is 161 Å². The minimum absolute atomic E-state index is 0.0677. The van der Waals surface area contributed by atoms with E-state index in [1.165, 1.54) is 12.0 Å². The lowest BCUT2D eigenvalue weighted by molar-refractivity contribution is -0.299. The molecule has 3 aliphatic heterocycles. The molecule has 0 aromatic rings. The number of Topliss-reactive ketones (excluding diaryl/α,β-unsaturated/α-hetero) is 2. The first-order valence-corrected chi connectivity index (χ1v) is 20.9. The predicted octanol–water partition coefficient (Wildman–Crippen LogP) is 5.11. The number of methoxy groups -OCH3 is 3. The molecule has 56 heavy (non-hydrogen) atoms. The number of hydrogen-bond acceptors (Lipinski definition) is 11. The first-order valence-electron chi connectivity index (χ1n) is 20.9. The molecule has 3 fully saturated rings. The largest absolute Gasteiger partial charge is 0.392 e. The number of fused-ring (bicyclic) bond motifs is 3. The Kier molecular flexibility index (Phi) is 17.5. The fourth-order valence-electron chi connectivity index (χ4n) is 9.57. The van der Waals surface area contributed by atoms with Crippen LogP contribution in [-0.2, 0) is 38.1 Å². The molecule has 3 heterocycles. The summed E-state index contributed by atoms with van der Waals surface area (Å²) in [6, 6.07) is -0.479. The molecule has 0 spiro atoms. The highest BCUT2D eigenvalue weighted by atomic mass is 16.7. The Hall–Kier alpha value is -2.29. The Morgan fingerprint density at radius 1 is 0.946 bits per heavy atom. The summed E-state index contributed by atoms with van der Waals surface area (Å²) >= 11 is 0. The van der Waals surface area contributed by atoms with Crippen LogP contribution in [0.4, 0.5) is 0 Å². The fraction of sp³-hybridized carbons (Fsp3) is 0.795. The number of hydrogen-bond donors (Lipinski definition) is 3. The van der Waals surface area contributed by atoms with E-state index >= 15 is 0 Å². The van der Waals surface area contributed by atoms with Crippen LogP contribution in [0.2, 0.25) is 0 Å². The molecule has 1 aliphatic carbocycles. The van der Waals surface area contributed by atoms with Crippen molar-refractivity contribution in [3.8, 4) is 0 Å². The fourth-order valence-corrected chi connectivity index (χ4v) is 9.57. The van der Waals surface area contributed by atoms with E-state index in [-0.39, 0.29) is 36.8 Å². The number of nitrogens with zero attached hydrogens (tertiary/aromatic N) is 1. The van der Waals surface area contributed by atoms with E-state index in [2.05, 4.69) is 19.6 Å². The Labute approximate surface area is 335 Å². The molecule has 3 N–H and O–H groups in total. The second kappa shape index (κ2) is 21.1. The SMILES string of the molecule is C=CC[C@@H]1/C=C(\C)CC(C)C[C@H](OC)[C@@H]2C[C@@H](OC)[C@@H](C)[C@@](O)(O2)C(=O)C(=O)N2CCCCC2CO[C@H](/C(C)=C/C2CC[C@@H](O)[C@H](OC)C2)[C@H](C)[C@@H](O)CC1=O. The van der Waals surface area contributed by atoms with Crippen molar-refractivity contribution in [1.29, 1.82) is 0 Å². The van der Waals surface area contributed by atoms with Gasteiger partial charge in [-0.15, -0.1) is 6.58 Å². The molecule has 4 aliphatic rings. The maximum atomic E-state index is 14.3. The van der Waals surface area contributed by atoms with Crippen molar-refractivity contribution < 1.29 is 53.4 Å². The molecule has 0 radical (unpaired) electrons. The lowest BCUT2D eigenvalue weighted by Crippen LogP contribution is -2.64. The standard InChI is InChI=1S/C44H71NO11/c1-10-13-32-19-26(2)18-27(3)20-39(54-9)40-24-37(52-7)30(6)44(51,56-40)42(49)43(50)45-17-12-11-14-33(45)25-55-41(29(5)35(47)23-36(32)48)28(4)21-31-15-16-34(46)38(22-31)53-8/h10,19,21,27,29-35,37-41,46-47,51H,1,11-18,20,22-25H2,2-9H3/b26-19+,28-21+/t27?,29-,30-,31?,32-,33?,34-,35+,37-,38-,39+,40+,41-,44-/m1/s1. The van der Waals surface area contributed by atoms with E-state index < -0.39 is 77.9 Å². The zero-order valence-corrected chi connectivity index (χ0v) is 35.2. The molecular weight excluding hydrogens is 718 g/mol. The van der Waals surface area contributed by atoms with Crippen molar-refractivity contribution in [3.63, 3.8) is 0 Å². The van der Waals surface area contributed by atoms with Gasteiger partial charge in [-0.25, -0.2) is 0 Å². The Morgan fingerprint density at radius 2 is 1.64 bits per heavy atom. The quantitative estimate of drug-likeness (QED) is 0.232. The zero-order valence-electron chi connectivity index (χ0n) is 35.2. The number of carbonyl (C=O) groups is 3. The van der Waals surface area contributed by atoms with Gasteiger partial charge in [-0.1, -0.05) is 44.6 Å². The van der Waals surface area contributed by atoms with Crippen LogP contribution in [0.25, 0.3) is 0 Å². The third-order valence-corrected chi connectivity index (χ3v) is 13.0. The Balaban J connectivity index is 1.74. The summed E-state index contributed by atoms with van der Waals surface area (Å²) in [5, 5.41) is 34.3. The Bertz CT molecular complexity index is 1400. The number of piperidine rings is 1. The van der Waals surface area contributed by atoms with Crippen molar-refractivity contribution >= 4 is 17.5 Å². The number of ether oxygens (including phenoxy) is 5. The molecule has 12 nitrogen and oxygen atoms in total. The first kappa shape index (κ1) is 46.4. The highest BCUT2D eigenvalue weighted by molar-refractivity contribution is 6.38. The molecule has 4 rings (SSSR count). The van der Waals surface area contributed by atoms with E-state index in [1.807, 2.05) is 26.8 Å². The van der Waals surface area contributed by atoms with Crippen molar-refractivity contribution in [2.45, 2.75) is 160 Å². The smallest absolute Gasteiger partial charge is 0.296 e.